The fraction of sp³-hybridized carbons (Fsp3) is 0.231. The number of hydrogen-bond donors (Lipinski definition) is 1. The molecule has 0 aliphatic heterocycles. The second-order valence-electron chi connectivity index (χ2n) is 4.08. The van der Waals surface area contributed by atoms with E-state index in [1.165, 1.54) is 19.2 Å². The van der Waals surface area contributed by atoms with Gasteiger partial charge < -0.3 is 14.3 Å². The van der Waals surface area contributed by atoms with Crippen LogP contribution in [0.5, 0.6) is 0 Å². The molecule has 1 aromatic heterocycles. The van der Waals surface area contributed by atoms with Crippen molar-refractivity contribution in [3.8, 4) is 11.5 Å². The summed E-state index contributed by atoms with van der Waals surface area (Å²) in [5, 5.41) is 8.97. The lowest BCUT2D eigenvalue weighted by Crippen LogP contribution is -2.06. The number of benzene rings is 1. The lowest BCUT2D eigenvalue weighted by molar-refractivity contribution is -0.137. The number of alkyl halides is 3. The van der Waals surface area contributed by atoms with Crippen LogP contribution in [0.25, 0.3) is 11.5 Å². The van der Waals surface area contributed by atoms with Crippen molar-refractivity contribution < 1.29 is 32.2 Å². The average Bonchev–Trinajstić information content (AvgIpc) is 2.82. The molecular weight excluding hydrogens is 291 g/mol. The molecular formula is C13H10F3NO4. The number of carboxylic acids is 1. The van der Waals surface area contributed by atoms with E-state index in [0.29, 0.717) is 0 Å². The summed E-state index contributed by atoms with van der Waals surface area (Å²) in [4.78, 5) is 14.8. The van der Waals surface area contributed by atoms with Crippen molar-refractivity contribution in [2.24, 2.45) is 0 Å². The van der Waals surface area contributed by atoms with Crippen LogP contribution in [-0.4, -0.2) is 23.2 Å². The summed E-state index contributed by atoms with van der Waals surface area (Å²) in [5.74, 6) is -2.37. The van der Waals surface area contributed by atoms with E-state index < -0.39 is 29.4 Å². The summed E-state index contributed by atoms with van der Waals surface area (Å²) in [7, 11) is 1.31. The van der Waals surface area contributed by atoms with Crippen molar-refractivity contribution in [3.63, 3.8) is 0 Å². The van der Waals surface area contributed by atoms with Gasteiger partial charge in [0, 0.05) is 12.7 Å². The molecule has 1 N–H and O–H groups in total. The summed E-state index contributed by atoms with van der Waals surface area (Å²) in [5.41, 5.74) is -1.35. The SMILES string of the molecule is COCc1nc(-c2ccccc2C(F)(F)F)oc1C(=O)O. The average molecular weight is 301 g/mol. The Balaban J connectivity index is 2.58. The van der Waals surface area contributed by atoms with Crippen LogP contribution >= 0.6 is 0 Å². The minimum absolute atomic E-state index is 0.0722. The second-order valence-corrected chi connectivity index (χ2v) is 4.08. The van der Waals surface area contributed by atoms with Crippen LogP contribution in [0, 0.1) is 0 Å². The van der Waals surface area contributed by atoms with Gasteiger partial charge in [0.15, 0.2) is 0 Å². The number of carboxylic acid groups (broad SMARTS) is 1. The van der Waals surface area contributed by atoms with E-state index in [2.05, 4.69) is 4.98 Å². The molecule has 112 valence electrons. The lowest BCUT2D eigenvalue weighted by atomic mass is 10.1. The zero-order valence-electron chi connectivity index (χ0n) is 10.8. The van der Waals surface area contributed by atoms with Crippen LogP contribution in [0.2, 0.25) is 0 Å². The number of methoxy groups -OCH3 is 1. The number of ether oxygens (including phenoxy) is 1. The molecule has 8 heteroatoms. The van der Waals surface area contributed by atoms with Crippen LogP contribution in [0.15, 0.2) is 28.7 Å². The van der Waals surface area contributed by atoms with Gasteiger partial charge in [0.25, 0.3) is 0 Å². The zero-order chi connectivity index (χ0) is 15.6. The van der Waals surface area contributed by atoms with Gasteiger partial charge in [-0.2, -0.15) is 13.2 Å². The molecule has 0 fully saturated rings. The van der Waals surface area contributed by atoms with Gasteiger partial charge in [0.2, 0.25) is 11.7 Å². The molecule has 0 radical (unpaired) electrons. The first-order valence-corrected chi connectivity index (χ1v) is 5.73. The molecule has 0 bridgehead atoms. The molecule has 0 amide bonds. The molecule has 1 aromatic carbocycles. The van der Waals surface area contributed by atoms with Crippen LogP contribution < -0.4 is 0 Å². The molecule has 0 aliphatic rings. The van der Waals surface area contributed by atoms with Crippen molar-refractivity contribution in [1.29, 1.82) is 0 Å². The van der Waals surface area contributed by atoms with Gasteiger partial charge in [-0.1, -0.05) is 12.1 Å². The summed E-state index contributed by atoms with van der Waals surface area (Å²) in [6, 6.07) is 4.64. The number of hydrogen-bond acceptors (Lipinski definition) is 4. The highest BCUT2D eigenvalue weighted by Gasteiger charge is 2.35. The third-order valence-electron chi connectivity index (χ3n) is 2.64. The van der Waals surface area contributed by atoms with E-state index in [0.717, 1.165) is 12.1 Å². The number of carbonyl (C=O) groups is 1. The predicted molar refractivity (Wildman–Crippen MR) is 64.6 cm³/mol. The highest BCUT2D eigenvalue weighted by Crippen LogP contribution is 2.37. The highest BCUT2D eigenvalue weighted by atomic mass is 19.4. The molecule has 2 aromatic rings. The van der Waals surface area contributed by atoms with Crippen molar-refractivity contribution in [3.05, 3.63) is 41.3 Å². The molecule has 0 atom stereocenters. The Bertz CT molecular complexity index is 664. The normalized spacial score (nSPS) is 11.6. The van der Waals surface area contributed by atoms with Crippen molar-refractivity contribution in [2.75, 3.05) is 7.11 Å². The van der Waals surface area contributed by atoms with E-state index in [4.69, 9.17) is 14.3 Å². The standard InChI is InChI=1S/C13H10F3NO4/c1-20-6-9-10(12(18)19)21-11(17-9)7-4-2-3-5-8(7)13(14,15)16/h2-5H,6H2,1H3,(H,18,19). The zero-order valence-corrected chi connectivity index (χ0v) is 10.8. The highest BCUT2D eigenvalue weighted by molar-refractivity contribution is 5.86. The first-order chi connectivity index (χ1) is 9.84. The maximum Gasteiger partial charge on any atom is 0.417 e. The number of nitrogens with zero attached hydrogens (tertiary/aromatic N) is 1. The number of aromatic nitrogens is 1. The maximum absolute atomic E-state index is 12.9. The smallest absolute Gasteiger partial charge is 0.417 e. The van der Waals surface area contributed by atoms with Crippen LogP contribution in [0.1, 0.15) is 21.8 Å². The molecule has 0 unspecified atom stereocenters. The second kappa shape index (κ2) is 5.57. The Morgan fingerprint density at radius 1 is 1.38 bits per heavy atom. The fourth-order valence-corrected chi connectivity index (χ4v) is 1.79. The molecule has 2 rings (SSSR count). The molecule has 0 spiro atoms. The Morgan fingerprint density at radius 2 is 2.05 bits per heavy atom. The van der Waals surface area contributed by atoms with Crippen LogP contribution in [0.3, 0.4) is 0 Å². The Hall–Kier alpha value is -2.35. The van der Waals surface area contributed by atoms with E-state index in [1.807, 2.05) is 0 Å². The van der Waals surface area contributed by atoms with Gasteiger partial charge in [-0.3, -0.25) is 0 Å². The van der Waals surface area contributed by atoms with Crippen molar-refractivity contribution >= 4 is 5.97 Å². The molecule has 1 heterocycles. The third kappa shape index (κ3) is 3.05. The quantitative estimate of drug-likeness (QED) is 0.938. The van der Waals surface area contributed by atoms with Gasteiger partial charge in [0.1, 0.15) is 5.69 Å². The van der Waals surface area contributed by atoms with Crippen molar-refractivity contribution in [1.82, 2.24) is 4.98 Å². The molecule has 0 saturated heterocycles. The molecule has 21 heavy (non-hydrogen) atoms. The largest absolute Gasteiger partial charge is 0.475 e. The number of halogens is 3. The summed E-state index contributed by atoms with van der Waals surface area (Å²) >= 11 is 0. The first-order valence-electron chi connectivity index (χ1n) is 5.73. The minimum Gasteiger partial charge on any atom is -0.475 e. The molecule has 0 aliphatic carbocycles. The van der Waals surface area contributed by atoms with Gasteiger partial charge in [-0.25, -0.2) is 9.78 Å². The lowest BCUT2D eigenvalue weighted by Gasteiger charge is -2.09. The van der Waals surface area contributed by atoms with Gasteiger partial charge in [-0.15, -0.1) is 0 Å². The molecule has 5 nitrogen and oxygen atoms in total. The fourth-order valence-electron chi connectivity index (χ4n) is 1.79. The van der Waals surface area contributed by atoms with E-state index in [-0.39, 0.29) is 17.9 Å². The Morgan fingerprint density at radius 3 is 2.62 bits per heavy atom. The number of aromatic carboxylic acids is 1. The van der Waals surface area contributed by atoms with E-state index in [9.17, 15) is 18.0 Å². The van der Waals surface area contributed by atoms with Gasteiger partial charge in [0.05, 0.1) is 12.2 Å². The predicted octanol–water partition coefficient (Wildman–Crippen LogP) is 3.21. The number of rotatable bonds is 4. The third-order valence-corrected chi connectivity index (χ3v) is 2.64. The van der Waals surface area contributed by atoms with E-state index in [1.54, 1.807) is 0 Å². The maximum atomic E-state index is 12.9. The van der Waals surface area contributed by atoms with Crippen LogP contribution in [-0.2, 0) is 17.5 Å². The van der Waals surface area contributed by atoms with E-state index >= 15 is 0 Å². The summed E-state index contributed by atoms with van der Waals surface area (Å²) in [6.45, 7) is -0.181. The topological polar surface area (TPSA) is 72.6 Å². The Labute approximate surface area is 117 Å². The van der Waals surface area contributed by atoms with Gasteiger partial charge in [-0.05, 0) is 12.1 Å². The van der Waals surface area contributed by atoms with Gasteiger partial charge >= 0.3 is 12.1 Å². The Kier molecular flexibility index (Phi) is 3.99. The summed E-state index contributed by atoms with van der Waals surface area (Å²) < 4.78 is 48.5. The summed E-state index contributed by atoms with van der Waals surface area (Å²) in [6.07, 6.45) is -4.60. The van der Waals surface area contributed by atoms with Crippen LogP contribution in [0.4, 0.5) is 13.2 Å². The molecule has 0 saturated carbocycles. The minimum atomic E-state index is -4.60. The first kappa shape index (κ1) is 15.0. The monoisotopic (exact) mass is 301 g/mol. The van der Waals surface area contributed by atoms with Crippen molar-refractivity contribution in [2.45, 2.75) is 12.8 Å². The number of oxazole rings is 1.